The molecule has 0 amide bonds. The third-order valence-electron chi connectivity index (χ3n) is 4.02. The molecule has 1 aromatic carbocycles. The second kappa shape index (κ2) is 7.94. The lowest BCUT2D eigenvalue weighted by Crippen LogP contribution is -2.50. The van der Waals surface area contributed by atoms with Crippen LogP contribution < -0.4 is 11.1 Å². The van der Waals surface area contributed by atoms with E-state index >= 15 is 0 Å². The van der Waals surface area contributed by atoms with Gasteiger partial charge in [0.2, 0.25) is 0 Å². The molecule has 0 bridgehead atoms. The van der Waals surface area contributed by atoms with E-state index in [9.17, 15) is 13.2 Å². The monoisotopic (exact) mass is 315 g/mol. The van der Waals surface area contributed by atoms with Gasteiger partial charge in [-0.15, -0.1) is 0 Å². The third kappa shape index (κ3) is 5.94. The molecule has 0 aromatic heterocycles. The Hall–Kier alpha value is -1.11. The maximum absolute atomic E-state index is 12.7. The summed E-state index contributed by atoms with van der Waals surface area (Å²) in [5, 5.41) is 3.39. The predicted octanol–water partition coefficient (Wildman–Crippen LogP) is 2.38. The first kappa shape index (κ1) is 17.2. The second-order valence-corrected chi connectivity index (χ2v) is 6.03. The van der Waals surface area contributed by atoms with Gasteiger partial charge < -0.3 is 16.0 Å². The Morgan fingerprint density at radius 3 is 2.55 bits per heavy atom. The molecule has 2 rings (SSSR count). The number of benzene rings is 1. The molecule has 0 aliphatic carbocycles. The van der Waals surface area contributed by atoms with E-state index in [0.29, 0.717) is 32.6 Å². The lowest BCUT2D eigenvalue weighted by Gasteiger charge is -2.38. The minimum Gasteiger partial charge on any atom is -0.329 e. The van der Waals surface area contributed by atoms with Gasteiger partial charge in [-0.3, -0.25) is 0 Å². The number of rotatable bonds is 6. The molecule has 2 unspecified atom stereocenters. The van der Waals surface area contributed by atoms with Crippen LogP contribution in [0.1, 0.15) is 18.4 Å². The molecule has 2 atom stereocenters. The molecule has 6 heteroatoms. The molecule has 0 spiro atoms. The van der Waals surface area contributed by atoms with Crippen LogP contribution in [-0.2, 0) is 6.54 Å². The zero-order valence-corrected chi connectivity index (χ0v) is 12.6. The Balaban J connectivity index is 1.90. The fourth-order valence-electron chi connectivity index (χ4n) is 3.15. The Kier molecular flexibility index (Phi) is 6.23. The Morgan fingerprint density at radius 2 is 1.91 bits per heavy atom. The SMILES string of the molecule is NCCN1CC(CC(F)(F)F)CC(NCc2ccccc2)C1. The van der Waals surface area contributed by atoms with Crippen molar-refractivity contribution < 1.29 is 13.2 Å². The second-order valence-electron chi connectivity index (χ2n) is 6.03. The van der Waals surface area contributed by atoms with Crippen LogP contribution >= 0.6 is 0 Å². The lowest BCUT2D eigenvalue weighted by molar-refractivity contribution is -0.148. The maximum Gasteiger partial charge on any atom is 0.389 e. The van der Waals surface area contributed by atoms with Crippen LogP contribution in [0.15, 0.2) is 30.3 Å². The summed E-state index contributed by atoms with van der Waals surface area (Å²) < 4.78 is 38.0. The molecule has 1 saturated heterocycles. The van der Waals surface area contributed by atoms with Crippen molar-refractivity contribution in [3.63, 3.8) is 0 Å². The summed E-state index contributed by atoms with van der Waals surface area (Å²) in [5.41, 5.74) is 6.70. The summed E-state index contributed by atoms with van der Waals surface area (Å²) in [7, 11) is 0. The molecular formula is C16H24F3N3. The highest BCUT2D eigenvalue weighted by atomic mass is 19.4. The highest BCUT2D eigenvalue weighted by Gasteiger charge is 2.36. The first-order valence-electron chi connectivity index (χ1n) is 7.73. The Morgan fingerprint density at radius 1 is 1.18 bits per heavy atom. The number of hydrogen-bond donors (Lipinski definition) is 2. The minimum atomic E-state index is -4.10. The highest BCUT2D eigenvalue weighted by molar-refractivity contribution is 5.14. The fraction of sp³-hybridized carbons (Fsp3) is 0.625. The number of nitrogens with zero attached hydrogens (tertiary/aromatic N) is 1. The number of hydrogen-bond acceptors (Lipinski definition) is 3. The summed E-state index contributed by atoms with van der Waals surface area (Å²) in [6.07, 6.45) is -4.24. The van der Waals surface area contributed by atoms with Gasteiger partial charge in [0.15, 0.2) is 0 Å². The van der Waals surface area contributed by atoms with Crippen LogP contribution in [0, 0.1) is 5.92 Å². The van der Waals surface area contributed by atoms with Gasteiger partial charge in [0, 0.05) is 45.2 Å². The van der Waals surface area contributed by atoms with Crippen molar-refractivity contribution in [1.29, 1.82) is 0 Å². The van der Waals surface area contributed by atoms with Crippen LogP contribution in [0.3, 0.4) is 0 Å². The average molecular weight is 315 g/mol. The highest BCUT2D eigenvalue weighted by Crippen LogP contribution is 2.30. The van der Waals surface area contributed by atoms with E-state index in [4.69, 9.17) is 5.73 Å². The zero-order chi connectivity index (χ0) is 16.0. The number of nitrogens with one attached hydrogen (secondary N) is 1. The van der Waals surface area contributed by atoms with E-state index in [2.05, 4.69) is 5.32 Å². The van der Waals surface area contributed by atoms with Crippen molar-refractivity contribution in [2.45, 2.75) is 31.6 Å². The number of halogens is 3. The number of likely N-dealkylation sites (tertiary alicyclic amines) is 1. The van der Waals surface area contributed by atoms with Crippen molar-refractivity contribution in [2.24, 2.45) is 11.7 Å². The van der Waals surface area contributed by atoms with Crippen molar-refractivity contribution in [3.8, 4) is 0 Å². The van der Waals surface area contributed by atoms with E-state index in [1.165, 1.54) is 0 Å². The van der Waals surface area contributed by atoms with Crippen molar-refractivity contribution in [1.82, 2.24) is 10.2 Å². The first-order chi connectivity index (χ1) is 10.5. The lowest BCUT2D eigenvalue weighted by atomic mass is 9.91. The van der Waals surface area contributed by atoms with Crippen molar-refractivity contribution in [3.05, 3.63) is 35.9 Å². The van der Waals surface area contributed by atoms with Gasteiger partial charge in [-0.1, -0.05) is 30.3 Å². The summed E-state index contributed by atoms with van der Waals surface area (Å²) in [6.45, 7) is 3.06. The van der Waals surface area contributed by atoms with Gasteiger partial charge in [-0.25, -0.2) is 0 Å². The average Bonchev–Trinajstić information content (AvgIpc) is 2.44. The fourth-order valence-corrected chi connectivity index (χ4v) is 3.15. The van der Waals surface area contributed by atoms with Crippen LogP contribution in [0.5, 0.6) is 0 Å². The first-order valence-corrected chi connectivity index (χ1v) is 7.73. The Bertz CT molecular complexity index is 436. The van der Waals surface area contributed by atoms with E-state index in [1.54, 1.807) is 0 Å². The molecule has 0 saturated carbocycles. The molecule has 1 aliphatic heterocycles. The largest absolute Gasteiger partial charge is 0.389 e. The third-order valence-corrected chi connectivity index (χ3v) is 4.02. The number of alkyl halides is 3. The number of piperidine rings is 1. The standard InChI is InChI=1S/C16H24F3N3/c17-16(18,19)9-14-8-15(12-22(11-14)7-6-20)21-10-13-4-2-1-3-5-13/h1-5,14-15,21H,6-12,20H2. The van der Waals surface area contributed by atoms with E-state index < -0.39 is 12.6 Å². The molecule has 3 N–H and O–H groups in total. The topological polar surface area (TPSA) is 41.3 Å². The van der Waals surface area contributed by atoms with E-state index in [0.717, 1.165) is 12.1 Å². The molecule has 3 nitrogen and oxygen atoms in total. The van der Waals surface area contributed by atoms with Gasteiger partial charge in [-0.2, -0.15) is 13.2 Å². The Labute approximate surface area is 129 Å². The van der Waals surface area contributed by atoms with E-state index in [-0.39, 0.29) is 12.0 Å². The molecule has 124 valence electrons. The molecule has 1 fully saturated rings. The molecule has 1 aliphatic rings. The van der Waals surface area contributed by atoms with Crippen molar-refractivity contribution in [2.75, 3.05) is 26.2 Å². The summed E-state index contributed by atoms with van der Waals surface area (Å²) in [4.78, 5) is 2.04. The van der Waals surface area contributed by atoms with Crippen LogP contribution in [0.2, 0.25) is 0 Å². The molecule has 22 heavy (non-hydrogen) atoms. The molecule has 0 radical (unpaired) electrons. The molecule has 1 aromatic rings. The summed E-state index contributed by atoms with van der Waals surface area (Å²) in [5.74, 6) is -0.353. The van der Waals surface area contributed by atoms with Gasteiger partial charge in [0.1, 0.15) is 0 Å². The molecule has 1 heterocycles. The van der Waals surface area contributed by atoms with Gasteiger partial charge in [-0.05, 0) is 17.9 Å². The van der Waals surface area contributed by atoms with E-state index in [1.807, 2.05) is 35.2 Å². The normalized spacial score (nSPS) is 23.6. The van der Waals surface area contributed by atoms with Gasteiger partial charge in [0.05, 0.1) is 0 Å². The zero-order valence-electron chi connectivity index (χ0n) is 12.6. The summed E-state index contributed by atoms with van der Waals surface area (Å²) in [6, 6.07) is 9.98. The molecular weight excluding hydrogens is 291 g/mol. The van der Waals surface area contributed by atoms with Gasteiger partial charge >= 0.3 is 6.18 Å². The smallest absolute Gasteiger partial charge is 0.329 e. The maximum atomic E-state index is 12.7. The minimum absolute atomic E-state index is 0.0767. The predicted molar refractivity (Wildman–Crippen MR) is 81.3 cm³/mol. The number of nitrogens with two attached hydrogens (primary N) is 1. The van der Waals surface area contributed by atoms with Crippen LogP contribution in [0.25, 0.3) is 0 Å². The van der Waals surface area contributed by atoms with Gasteiger partial charge in [0.25, 0.3) is 0 Å². The summed E-state index contributed by atoms with van der Waals surface area (Å²) >= 11 is 0. The van der Waals surface area contributed by atoms with Crippen LogP contribution in [0.4, 0.5) is 13.2 Å². The van der Waals surface area contributed by atoms with Crippen LogP contribution in [-0.4, -0.2) is 43.3 Å². The quantitative estimate of drug-likeness (QED) is 0.847. The van der Waals surface area contributed by atoms with Crippen molar-refractivity contribution >= 4 is 0 Å².